The Bertz CT molecular complexity index is 536. The standard InChI is InChI=1S/C14H24N2O3S/c1-14(2,3)8-13(17)9-16-20(18,19)10-11-5-4-6-12(15)7-11/h4-7,13,16-17H,8-10,15H2,1-3H3. The summed E-state index contributed by atoms with van der Waals surface area (Å²) in [5.74, 6) is -0.139. The van der Waals surface area contributed by atoms with Gasteiger partial charge in [-0.15, -0.1) is 0 Å². The first-order chi connectivity index (χ1) is 9.07. The van der Waals surface area contributed by atoms with Crippen molar-refractivity contribution in [3.8, 4) is 0 Å². The number of nitrogens with one attached hydrogen (secondary N) is 1. The molecule has 0 saturated carbocycles. The van der Waals surface area contributed by atoms with E-state index < -0.39 is 16.1 Å². The minimum absolute atomic E-state index is 0.0297. The number of nitrogen functional groups attached to an aromatic ring is 1. The molecule has 0 bridgehead atoms. The van der Waals surface area contributed by atoms with Crippen LogP contribution in [0.25, 0.3) is 0 Å². The van der Waals surface area contributed by atoms with E-state index in [0.29, 0.717) is 17.7 Å². The summed E-state index contributed by atoms with van der Waals surface area (Å²) in [6.45, 7) is 6.02. The summed E-state index contributed by atoms with van der Waals surface area (Å²) < 4.78 is 26.3. The zero-order valence-electron chi connectivity index (χ0n) is 12.3. The molecule has 5 nitrogen and oxygen atoms in total. The SMILES string of the molecule is CC(C)(C)CC(O)CNS(=O)(=O)Cc1cccc(N)c1. The Morgan fingerprint density at radius 1 is 1.35 bits per heavy atom. The van der Waals surface area contributed by atoms with Crippen molar-refractivity contribution in [1.29, 1.82) is 0 Å². The minimum atomic E-state index is -3.47. The molecule has 0 amide bonds. The second-order valence-corrected chi connectivity index (χ2v) is 8.08. The van der Waals surface area contributed by atoms with Gasteiger partial charge in [0.05, 0.1) is 11.9 Å². The highest BCUT2D eigenvalue weighted by Crippen LogP contribution is 2.20. The van der Waals surface area contributed by atoms with Gasteiger partial charge in [-0.3, -0.25) is 0 Å². The maximum atomic E-state index is 11.9. The normalized spacial score (nSPS) is 14.2. The molecule has 1 rings (SSSR count). The van der Waals surface area contributed by atoms with Crippen LogP contribution in [0, 0.1) is 5.41 Å². The van der Waals surface area contributed by atoms with Crippen LogP contribution in [0.2, 0.25) is 0 Å². The number of hydrogen-bond donors (Lipinski definition) is 3. The van der Waals surface area contributed by atoms with Gasteiger partial charge in [0.2, 0.25) is 10.0 Å². The molecule has 0 radical (unpaired) electrons. The Morgan fingerprint density at radius 3 is 2.55 bits per heavy atom. The molecule has 0 saturated heterocycles. The van der Waals surface area contributed by atoms with Gasteiger partial charge in [-0.1, -0.05) is 32.9 Å². The van der Waals surface area contributed by atoms with Crippen LogP contribution < -0.4 is 10.5 Å². The largest absolute Gasteiger partial charge is 0.399 e. The van der Waals surface area contributed by atoms with Crippen molar-refractivity contribution < 1.29 is 13.5 Å². The maximum Gasteiger partial charge on any atom is 0.215 e. The second-order valence-electron chi connectivity index (χ2n) is 6.27. The fraction of sp³-hybridized carbons (Fsp3) is 0.571. The Morgan fingerprint density at radius 2 is 2.00 bits per heavy atom. The smallest absolute Gasteiger partial charge is 0.215 e. The average Bonchev–Trinajstić information content (AvgIpc) is 2.23. The van der Waals surface area contributed by atoms with E-state index in [1.165, 1.54) is 0 Å². The molecule has 1 atom stereocenters. The first-order valence-corrected chi connectivity index (χ1v) is 8.22. The third kappa shape index (κ3) is 6.88. The highest BCUT2D eigenvalue weighted by Gasteiger charge is 2.19. The molecule has 1 aromatic carbocycles. The lowest BCUT2D eigenvalue weighted by Crippen LogP contribution is -2.34. The molecule has 0 aliphatic carbocycles. The number of anilines is 1. The molecule has 6 heteroatoms. The molecule has 4 N–H and O–H groups in total. The molecule has 0 heterocycles. The van der Waals surface area contributed by atoms with Crippen molar-refractivity contribution in [2.45, 2.75) is 39.0 Å². The summed E-state index contributed by atoms with van der Waals surface area (Å²) in [6.07, 6.45) is -0.154. The molecule has 0 aromatic heterocycles. The van der Waals surface area contributed by atoms with Crippen molar-refractivity contribution in [1.82, 2.24) is 4.72 Å². The summed E-state index contributed by atoms with van der Waals surface area (Å²) in [4.78, 5) is 0. The Kier molecular flexibility index (Phi) is 5.56. The summed E-state index contributed by atoms with van der Waals surface area (Å²) in [7, 11) is -3.47. The van der Waals surface area contributed by atoms with Crippen molar-refractivity contribution in [3.63, 3.8) is 0 Å². The van der Waals surface area contributed by atoms with Gasteiger partial charge < -0.3 is 10.8 Å². The van der Waals surface area contributed by atoms with E-state index in [0.717, 1.165) is 0 Å². The van der Waals surface area contributed by atoms with Crippen molar-refractivity contribution in [2.75, 3.05) is 12.3 Å². The van der Waals surface area contributed by atoms with Gasteiger partial charge in [0.25, 0.3) is 0 Å². The number of hydrogen-bond acceptors (Lipinski definition) is 4. The highest BCUT2D eigenvalue weighted by atomic mass is 32.2. The van der Waals surface area contributed by atoms with E-state index in [-0.39, 0.29) is 17.7 Å². The number of aliphatic hydroxyl groups is 1. The molecule has 0 fully saturated rings. The van der Waals surface area contributed by atoms with Crippen LogP contribution in [0.5, 0.6) is 0 Å². The average molecular weight is 300 g/mol. The van der Waals surface area contributed by atoms with Crippen molar-refractivity contribution in [3.05, 3.63) is 29.8 Å². The number of sulfonamides is 1. The topological polar surface area (TPSA) is 92.4 Å². The van der Waals surface area contributed by atoms with Crippen LogP contribution in [0.3, 0.4) is 0 Å². The third-order valence-electron chi connectivity index (χ3n) is 2.69. The molecule has 114 valence electrons. The van der Waals surface area contributed by atoms with E-state index in [2.05, 4.69) is 4.72 Å². The molecule has 1 unspecified atom stereocenters. The van der Waals surface area contributed by atoms with Crippen LogP contribution in [0.15, 0.2) is 24.3 Å². The summed E-state index contributed by atoms with van der Waals surface area (Å²) in [5.41, 5.74) is 6.73. The number of rotatable bonds is 6. The third-order valence-corrected chi connectivity index (χ3v) is 4.01. The lowest BCUT2D eigenvalue weighted by molar-refractivity contribution is 0.125. The van der Waals surface area contributed by atoms with E-state index in [1.807, 2.05) is 20.8 Å². The molecule has 20 heavy (non-hydrogen) atoms. The highest BCUT2D eigenvalue weighted by molar-refractivity contribution is 7.88. The van der Waals surface area contributed by atoms with E-state index in [4.69, 9.17) is 5.73 Å². The molecule has 1 aromatic rings. The maximum absolute atomic E-state index is 11.9. The molecule has 0 aliphatic rings. The first kappa shape index (κ1) is 16.9. The van der Waals surface area contributed by atoms with Gasteiger partial charge in [-0.25, -0.2) is 13.1 Å². The number of aliphatic hydroxyl groups excluding tert-OH is 1. The van der Waals surface area contributed by atoms with Gasteiger partial charge in [0.15, 0.2) is 0 Å². The van der Waals surface area contributed by atoms with Gasteiger partial charge in [0.1, 0.15) is 0 Å². The Hall–Kier alpha value is -1.11. The predicted molar refractivity (Wildman–Crippen MR) is 81.6 cm³/mol. The van der Waals surface area contributed by atoms with Crippen LogP contribution >= 0.6 is 0 Å². The zero-order valence-corrected chi connectivity index (χ0v) is 13.1. The molecular weight excluding hydrogens is 276 g/mol. The number of benzene rings is 1. The lowest BCUT2D eigenvalue weighted by atomic mass is 9.89. The second kappa shape index (κ2) is 6.56. The van der Waals surface area contributed by atoms with Crippen LogP contribution in [0.4, 0.5) is 5.69 Å². The van der Waals surface area contributed by atoms with Crippen LogP contribution in [-0.4, -0.2) is 26.2 Å². The first-order valence-electron chi connectivity index (χ1n) is 6.57. The molecular formula is C14H24N2O3S. The summed E-state index contributed by atoms with van der Waals surface area (Å²) in [6, 6.07) is 6.76. The van der Waals surface area contributed by atoms with E-state index in [9.17, 15) is 13.5 Å². The Labute approximate surface area is 121 Å². The van der Waals surface area contributed by atoms with Gasteiger partial charge in [-0.2, -0.15) is 0 Å². The fourth-order valence-corrected chi connectivity index (χ4v) is 3.12. The van der Waals surface area contributed by atoms with Crippen molar-refractivity contribution in [2.24, 2.45) is 5.41 Å². The zero-order chi connectivity index (χ0) is 15.4. The monoisotopic (exact) mass is 300 g/mol. The molecule has 0 aliphatic heterocycles. The summed E-state index contributed by atoms with van der Waals surface area (Å²) >= 11 is 0. The molecule has 0 spiro atoms. The number of nitrogens with two attached hydrogens (primary N) is 1. The van der Waals surface area contributed by atoms with Gasteiger partial charge >= 0.3 is 0 Å². The predicted octanol–water partition coefficient (Wildman–Crippen LogP) is 1.49. The summed E-state index contributed by atoms with van der Waals surface area (Å²) in [5, 5.41) is 9.81. The Balaban J connectivity index is 2.54. The van der Waals surface area contributed by atoms with Gasteiger partial charge in [0, 0.05) is 12.2 Å². The fourth-order valence-electron chi connectivity index (χ4n) is 1.96. The van der Waals surface area contributed by atoms with Crippen LogP contribution in [-0.2, 0) is 15.8 Å². The quantitative estimate of drug-likeness (QED) is 0.694. The van der Waals surface area contributed by atoms with E-state index in [1.54, 1.807) is 24.3 Å². The van der Waals surface area contributed by atoms with Crippen LogP contribution in [0.1, 0.15) is 32.8 Å². The lowest BCUT2D eigenvalue weighted by Gasteiger charge is -2.22. The van der Waals surface area contributed by atoms with E-state index >= 15 is 0 Å². The minimum Gasteiger partial charge on any atom is -0.399 e. The van der Waals surface area contributed by atoms with Gasteiger partial charge in [-0.05, 0) is 29.5 Å². The van der Waals surface area contributed by atoms with Crippen molar-refractivity contribution >= 4 is 15.7 Å².